The summed E-state index contributed by atoms with van der Waals surface area (Å²) in [7, 11) is 0. The highest BCUT2D eigenvalue weighted by molar-refractivity contribution is 5.73. The van der Waals surface area contributed by atoms with Gasteiger partial charge in [-0.1, -0.05) is 0 Å². The van der Waals surface area contributed by atoms with Gasteiger partial charge in [0, 0.05) is 0 Å². The molecule has 9 heteroatoms. The fourth-order valence-corrected chi connectivity index (χ4v) is 0.257. The van der Waals surface area contributed by atoms with Crippen molar-refractivity contribution in [1.82, 2.24) is 0 Å². The molecule has 4 nitrogen and oxygen atoms in total. The van der Waals surface area contributed by atoms with Gasteiger partial charge in [0.15, 0.2) is 0 Å². The predicted molar refractivity (Wildman–Crippen MR) is 25.7 cm³/mol. The van der Waals surface area contributed by atoms with Crippen LogP contribution in [0, 0.1) is 0 Å². The second-order valence-corrected chi connectivity index (χ2v) is 1.83. The van der Waals surface area contributed by atoms with Crippen molar-refractivity contribution in [3.8, 4) is 0 Å². The van der Waals surface area contributed by atoms with Crippen LogP contribution in [0.5, 0.6) is 0 Å². The van der Waals surface area contributed by atoms with Gasteiger partial charge in [-0.3, -0.25) is 4.74 Å². The van der Waals surface area contributed by atoms with Crippen molar-refractivity contribution in [3.05, 3.63) is 0 Å². The number of rotatable bonds is 3. The number of aliphatic hydroxyl groups excluding tert-OH is 1. The molecule has 13 heavy (non-hydrogen) atoms. The van der Waals surface area contributed by atoms with Crippen molar-refractivity contribution in [2.45, 2.75) is 18.6 Å². The van der Waals surface area contributed by atoms with Gasteiger partial charge in [-0.25, -0.2) is 4.79 Å². The molecule has 0 bridgehead atoms. The number of ether oxygens (including phenoxy) is 1. The Morgan fingerprint density at radius 3 is 1.85 bits per heavy atom. The minimum Gasteiger partial charge on any atom is -0.475 e. The smallest absolute Gasteiger partial charge is 0.458 e. The topological polar surface area (TPSA) is 66.8 Å². The molecule has 0 saturated heterocycles. The van der Waals surface area contributed by atoms with Crippen molar-refractivity contribution in [3.63, 3.8) is 0 Å². The number of carbonyl (C=O) groups is 1. The van der Waals surface area contributed by atoms with Crippen molar-refractivity contribution >= 4 is 5.97 Å². The summed E-state index contributed by atoms with van der Waals surface area (Å²) in [6, 6.07) is 0. The van der Waals surface area contributed by atoms with Crippen molar-refractivity contribution in [2.24, 2.45) is 0 Å². The van der Waals surface area contributed by atoms with Gasteiger partial charge in [0.25, 0.3) is 6.29 Å². The summed E-state index contributed by atoms with van der Waals surface area (Å²) >= 11 is 0. The van der Waals surface area contributed by atoms with Gasteiger partial charge in [-0.05, 0) is 0 Å². The van der Waals surface area contributed by atoms with Crippen molar-refractivity contribution in [1.29, 1.82) is 0 Å². The van der Waals surface area contributed by atoms with E-state index in [1.165, 1.54) is 0 Å². The van der Waals surface area contributed by atoms with Gasteiger partial charge in [-0.15, -0.1) is 0 Å². The molecule has 0 radical (unpaired) electrons. The van der Waals surface area contributed by atoms with Gasteiger partial charge in [0.1, 0.15) is 0 Å². The average Bonchev–Trinajstić information content (AvgIpc) is 1.83. The molecular weight excluding hydrogens is 207 g/mol. The molecule has 0 aromatic rings. The fraction of sp³-hybridized carbons (Fsp3) is 0.750. The lowest BCUT2D eigenvalue weighted by atomic mass is 10.6. The van der Waals surface area contributed by atoms with E-state index < -0.39 is 24.5 Å². The Hall–Kier alpha value is -0.960. The maximum Gasteiger partial charge on any atom is 0.458 e. The first kappa shape index (κ1) is 12.0. The van der Waals surface area contributed by atoms with Gasteiger partial charge in [0.2, 0.25) is 0 Å². The maximum absolute atomic E-state index is 11.8. The van der Waals surface area contributed by atoms with Gasteiger partial charge in [0.05, 0.1) is 0 Å². The van der Waals surface area contributed by atoms with Crippen LogP contribution >= 0.6 is 0 Å². The van der Waals surface area contributed by atoms with E-state index in [0.717, 1.165) is 0 Å². The Kier molecular flexibility index (Phi) is 3.17. The normalized spacial score (nSPS) is 15.5. The van der Waals surface area contributed by atoms with Crippen LogP contribution in [0.1, 0.15) is 0 Å². The molecule has 0 saturated carbocycles. The number of alkyl halides is 5. The van der Waals surface area contributed by atoms with E-state index in [-0.39, 0.29) is 0 Å². The second kappa shape index (κ2) is 3.42. The summed E-state index contributed by atoms with van der Waals surface area (Å²) in [6.45, 7) is 0. The van der Waals surface area contributed by atoms with E-state index >= 15 is 0 Å². The summed E-state index contributed by atoms with van der Waals surface area (Å²) in [5, 5.41) is 15.5. The molecule has 0 aliphatic rings. The number of halogens is 5. The highest BCUT2D eigenvalue weighted by Gasteiger charge is 2.50. The highest BCUT2D eigenvalue weighted by atomic mass is 19.4. The summed E-state index contributed by atoms with van der Waals surface area (Å²) in [5.74, 6) is -2.92. The zero-order valence-corrected chi connectivity index (χ0v) is 5.68. The third-order valence-electron chi connectivity index (χ3n) is 0.789. The number of hydrogen-bond acceptors (Lipinski definition) is 3. The Morgan fingerprint density at radius 2 is 1.62 bits per heavy atom. The first-order chi connectivity index (χ1) is 5.57. The Balaban J connectivity index is 4.37. The molecule has 0 rings (SSSR count). The van der Waals surface area contributed by atoms with Crippen LogP contribution in [0.3, 0.4) is 0 Å². The molecule has 0 heterocycles. The van der Waals surface area contributed by atoms with Crippen LogP contribution in [0.15, 0.2) is 0 Å². The van der Waals surface area contributed by atoms with Gasteiger partial charge < -0.3 is 10.2 Å². The molecule has 1 atom stereocenters. The molecule has 0 spiro atoms. The number of aliphatic carboxylic acids is 1. The molecule has 0 aromatic carbocycles. The minimum absolute atomic E-state index is 2.56. The van der Waals surface area contributed by atoms with Crippen molar-refractivity contribution < 1.29 is 41.7 Å². The second-order valence-electron chi connectivity index (χ2n) is 1.83. The van der Waals surface area contributed by atoms with E-state index in [1.807, 2.05) is 0 Å². The summed E-state index contributed by atoms with van der Waals surface area (Å²) in [6.07, 6.45) is -14.4. The standard InChI is InChI=1S/C4H3F5O4/c5-3(6,7)2(12)13-4(8,9)1(10)11/h2,12H,(H,10,11). The molecule has 0 fully saturated rings. The summed E-state index contributed by atoms with van der Waals surface area (Å²) < 4.78 is 60.3. The maximum atomic E-state index is 11.8. The first-order valence-corrected chi connectivity index (χ1v) is 2.61. The van der Waals surface area contributed by atoms with Crippen LogP contribution in [-0.2, 0) is 9.53 Å². The molecular formula is C4H3F5O4. The fourth-order valence-electron chi connectivity index (χ4n) is 0.257. The summed E-state index contributed by atoms with van der Waals surface area (Å²) in [5.41, 5.74) is 0. The van der Waals surface area contributed by atoms with Gasteiger partial charge >= 0.3 is 18.3 Å². The molecule has 78 valence electrons. The highest BCUT2D eigenvalue weighted by Crippen LogP contribution is 2.26. The quantitative estimate of drug-likeness (QED) is 0.527. The SMILES string of the molecule is O=C(O)C(F)(F)OC(O)C(F)(F)F. The lowest BCUT2D eigenvalue weighted by molar-refractivity contribution is -0.368. The third-order valence-corrected chi connectivity index (χ3v) is 0.789. The minimum atomic E-state index is -5.46. The average molecular weight is 210 g/mol. The first-order valence-electron chi connectivity index (χ1n) is 2.61. The molecule has 0 aliphatic carbocycles. The van der Waals surface area contributed by atoms with Crippen LogP contribution in [0.4, 0.5) is 22.0 Å². The van der Waals surface area contributed by atoms with E-state index in [2.05, 4.69) is 4.74 Å². The van der Waals surface area contributed by atoms with Gasteiger partial charge in [-0.2, -0.15) is 22.0 Å². The van der Waals surface area contributed by atoms with Crippen LogP contribution in [0.2, 0.25) is 0 Å². The van der Waals surface area contributed by atoms with E-state index in [0.29, 0.717) is 0 Å². The Morgan fingerprint density at radius 1 is 1.23 bits per heavy atom. The Bertz CT molecular complexity index is 199. The molecule has 0 amide bonds. The predicted octanol–water partition coefficient (Wildman–Crippen LogP) is 0.561. The number of carboxylic acid groups (broad SMARTS) is 1. The van der Waals surface area contributed by atoms with Crippen molar-refractivity contribution in [2.75, 3.05) is 0 Å². The lowest BCUT2D eigenvalue weighted by Crippen LogP contribution is -2.42. The van der Waals surface area contributed by atoms with Crippen LogP contribution in [-0.4, -0.2) is 34.8 Å². The largest absolute Gasteiger partial charge is 0.475 e. The summed E-state index contributed by atoms with van der Waals surface area (Å²) in [4.78, 5) is 9.53. The lowest BCUT2D eigenvalue weighted by Gasteiger charge is -2.18. The Labute approximate surface area is 67.5 Å². The number of hydrogen-bond donors (Lipinski definition) is 2. The van der Waals surface area contributed by atoms with Crippen LogP contribution in [0.25, 0.3) is 0 Å². The zero-order valence-electron chi connectivity index (χ0n) is 5.68. The molecule has 0 aliphatic heterocycles. The zero-order chi connectivity index (χ0) is 10.9. The number of carboxylic acids is 1. The molecule has 0 aromatic heterocycles. The molecule has 2 N–H and O–H groups in total. The monoisotopic (exact) mass is 210 g/mol. The van der Waals surface area contributed by atoms with E-state index in [4.69, 9.17) is 10.2 Å². The van der Waals surface area contributed by atoms with E-state index in [1.54, 1.807) is 0 Å². The number of aliphatic hydroxyl groups is 1. The molecule has 1 unspecified atom stereocenters. The van der Waals surface area contributed by atoms with Crippen LogP contribution < -0.4 is 0 Å². The van der Waals surface area contributed by atoms with E-state index in [9.17, 15) is 26.7 Å². The third kappa shape index (κ3) is 3.51.